The summed E-state index contributed by atoms with van der Waals surface area (Å²) in [5, 5.41) is 0. The molecule has 1 aromatic heterocycles. The number of hydrogen-bond acceptors (Lipinski definition) is 1. The lowest BCUT2D eigenvalue weighted by Crippen LogP contribution is -2.08. The fraction of sp³-hybridized carbons (Fsp3) is 0.348. The number of fused-ring (bicyclic) bond motifs is 2. The maximum absolute atomic E-state index is 4.49. The molecule has 1 aliphatic rings. The number of para-hydroxylation sites is 2. The van der Waals surface area contributed by atoms with Crippen LogP contribution in [0.3, 0.4) is 0 Å². The number of nitrogens with zero attached hydrogens (tertiary/aromatic N) is 2. The van der Waals surface area contributed by atoms with Gasteiger partial charge >= 0.3 is 0 Å². The Kier molecular flexibility index (Phi) is 4.44. The van der Waals surface area contributed by atoms with Crippen molar-refractivity contribution < 1.29 is 0 Å². The summed E-state index contributed by atoms with van der Waals surface area (Å²) in [6.07, 6.45) is 9.26. The summed E-state index contributed by atoms with van der Waals surface area (Å²) < 4.78 is 2.29. The van der Waals surface area contributed by atoms with Crippen molar-refractivity contribution in [1.82, 2.24) is 9.55 Å². The molecule has 0 N–H and O–H groups in total. The maximum Gasteiger partial charge on any atom is 0.0958 e. The number of benzene rings is 2. The topological polar surface area (TPSA) is 17.8 Å². The van der Waals surface area contributed by atoms with E-state index in [4.69, 9.17) is 0 Å². The predicted octanol–water partition coefficient (Wildman–Crippen LogP) is 5.79. The first-order valence-electron chi connectivity index (χ1n) is 9.40. The minimum absolute atomic E-state index is 0.657. The van der Waals surface area contributed by atoms with Gasteiger partial charge in [0.25, 0.3) is 0 Å². The Morgan fingerprint density at radius 2 is 2.00 bits per heavy atom. The lowest BCUT2D eigenvalue weighted by Gasteiger charge is -2.22. The molecule has 1 aliphatic carbocycles. The first kappa shape index (κ1) is 16.1. The third kappa shape index (κ3) is 3.39. The van der Waals surface area contributed by atoms with Gasteiger partial charge in [-0.05, 0) is 61.8 Å². The van der Waals surface area contributed by atoms with E-state index in [0.717, 1.165) is 12.1 Å². The third-order valence-corrected chi connectivity index (χ3v) is 5.52. The minimum Gasteiger partial charge on any atom is -0.331 e. The molecule has 0 fully saturated rings. The van der Waals surface area contributed by atoms with Crippen LogP contribution in [0, 0.1) is 12.8 Å². The number of hydrogen-bond donors (Lipinski definition) is 0. The molecule has 1 heterocycles. The predicted molar refractivity (Wildman–Crippen MR) is 106 cm³/mol. The zero-order valence-corrected chi connectivity index (χ0v) is 15.2. The van der Waals surface area contributed by atoms with Gasteiger partial charge in [0.2, 0.25) is 0 Å². The van der Waals surface area contributed by atoms with Crippen LogP contribution in [0.1, 0.15) is 42.9 Å². The van der Waals surface area contributed by atoms with Crippen molar-refractivity contribution in [3.63, 3.8) is 0 Å². The molecule has 0 aliphatic heterocycles. The molecule has 0 radical (unpaired) electrons. The van der Waals surface area contributed by atoms with E-state index < -0.39 is 0 Å². The minimum atomic E-state index is 0.657. The lowest BCUT2D eigenvalue weighted by atomic mass is 9.84. The Bertz CT molecular complexity index is 917. The van der Waals surface area contributed by atoms with Gasteiger partial charge in [0.05, 0.1) is 17.4 Å². The van der Waals surface area contributed by atoms with Crippen LogP contribution in [0.2, 0.25) is 0 Å². The lowest BCUT2D eigenvalue weighted by molar-refractivity contribution is 0.522. The second-order valence-corrected chi connectivity index (χ2v) is 7.39. The average Bonchev–Trinajstić information content (AvgIpc) is 3.04. The molecule has 0 saturated heterocycles. The van der Waals surface area contributed by atoms with Gasteiger partial charge in [0.1, 0.15) is 0 Å². The number of rotatable bonds is 5. The molecule has 2 aromatic carbocycles. The molecule has 0 saturated carbocycles. The highest BCUT2D eigenvalue weighted by molar-refractivity contribution is 5.74. The Labute approximate surface area is 150 Å². The number of aryl methyl sites for hydroxylation is 3. The summed E-state index contributed by atoms with van der Waals surface area (Å²) in [6, 6.07) is 15.2. The summed E-state index contributed by atoms with van der Waals surface area (Å²) in [7, 11) is 0. The van der Waals surface area contributed by atoms with E-state index in [9.17, 15) is 0 Å². The molecule has 0 bridgehead atoms. The molecule has 128 valence electrons. The van der Waals surface area contributed by atoms with Gasteiger partial charge in [0, 0.05) is 6.54 Å². The molecule has 0 amide bonds. The highest BCUT2D eigenvalue weighted by Gasteiger charge is 2.15. The zero-order chi connectivity index (χ0) is 17.2. The maximum atomic E-state index is 4.49. The molecule has 2 nitrogen and oxygen atoms in total. The molecule has 0 spiro atoms. The van der Waals surface area contributed by atoms with Crippen LogP contribution in [0.25, 0.3) is 17.1 Å². The SMILES string of the molecule is Cc1ccc2c(c1)CCC(C(C)CCCn1cnc3ccccc31)=C2. The van der Waals surface area contributed by atoms with Crippen LogP contribution < -0.4 is 0 Å². The first-order chi connectivity index (χ1) is 12.2. The van der Waals surface area contributed by atoms with Gasteiger partial charge in [-0.3, -0.25) is 0 Å². The quantitative estimate of drug-likeness (QED) is 0.579. The van der Waals surface area contributed by atoms with Crippen LogP contribution in [0.4, 0.5) is 0 Å². The van der Waals surface area contributed by atoms with Gasteiger partial charge in [-0.2, -0.15) is 0 Å². The Morgan fingerprint density at radius 3 is 2.92 bits per heavy atom. The van der Waals surface area contributed by atoms with Crippen LogP contribution in [-0.4, -0.2) is 9.55 Å². The summed E-state index contributed by atoms with van der Waals surface area (Å²) in [5.74, 6) is 0.657. The Hall–Kier alpha value is -2.35. The van der Waals surface area contributed by atoms with Crippen LogP contribution in [0.5, 0.6) is 0 Å². The van der Waals surface area contributed by atoms with Crippen molar-refractivity contribution in [1.29, 1.82) is 0 Å². The molecule has 4 rings (SSSR count). The zero-order valence-electron chi connectivity index (χ0n) is 15.2. The van der Waals surface area contributed by atoms with E-state index in [1.165, 1.54) is 47.9 Å². The van der Waals surface area contributed by atoms with Crippen molar-refractivity contribution in [3.8, 4) is 0 Å². The van der Waals surface area contributed by atoms with Crippen molar-refractivity contribution in [2.45, 2.75) is 46.1 Å². The van der Waals surface area contributed by atoms with Crippen molar-refractivity contribution in [2.75, 3.05) is 0 Å². The number of aromatic nitrogens is 2. The molecular formula is C23H26N2. The fourth-order valence-electron chi connectivity index (χ4n) is 3.97. The molecule has 1 atom stereocenters. The summed E-state index contributed by atoms with van der Waals surface area (Å²) in [6.45, 7) is 5.62. The third-order valence-electron chi connectivity index (χ3n) is 5.52. The van der Waals surface area contributed by atoms with E-state index in [1.54, 1.807) is 5.57 Å². The highest BCUT2D eigenvalue weighted by Crippen LogP contribution is 2.31. The second-order valence-electron chi connectivity index (χ2n) is 7.39. The van der Waals surface area contributed by atoms with Crippen molar-refractivity contribution >= 4 is 17.1 Å². The number of allylic oxidation sites excluding steroid dienone is 1. The molecule has 1 unspecified atom stereocenters. The van der Waals surface area contributed by atoms with E-state index in [-0.39, 0.29) is 0 Å². The summed E-state index contributed by atoms with van der Waals surface area (Å²) in [4.78, 5) is 4.49. The van der Waals surface area contributed by atoms with Crippen LogP contribution in [-0.2, 0) is 13.0 Å². The molecule has 2 heteroatoms. The molecule has 25 heavy (non-hydrogen) atoms. The van der Waals surface area contributed by atoms with E-state index >= 15 is 0 Å². The Morgan fingerprint density at radius 1 is 1.12 bits per heavy atom. The molecular weight excluding hydrogens is 304 g/mol. The average molecular weight is 330 g/mol. The van der Waals surface area contributed by atoms with E-state index in [1.807, 2.05) is 6.33 Å². The van der Waals surface area contributed by atoms with Gasteiger partial charge in [-0.25, -0.2) is 4.98 Å². The fourth-order valence-corrected chi connectivity index (χ4v) is 3.97. The van der Waals surface area contributed by atoms with Crippen LogP contribution in [0.15, 0.2) is 54.4 Å². The van der Waals surface area contributed by atoms with Gasteiger partial charge in [-0.1, -0.05) is 54.5 Å². The van der Waals surface area contributed by atoms with Gasteiger partial charge in [0.15, 0.2) is 0 Å². The standard InChI is InChI=1S/C23H26N2/c1-17-9-10-21-15-19(11-12-20(21)14-17)18(2)6-5-13-25-16-24-22-7-3-4-8-23(22)25/h3-4,7-10,14-16,18H,5-6,11-13H2,1-2H3. The van der Waals surface area contributed by atoms with Gasteiger partial charge in [-0.15, -0.1) is 0 Å². The Balaban J connectivity index is 1.39. The molecule has 3 aromatic rings. The van der Waals surface area contributed by atoms with Crippen LogP contribution >= 0.6 is 0 Å². The smallest absolute Gasteiger partial charge is 0.0958 e. The first-order valence-corrected chi connectivity index (χ1v) is 9.40. The summed E-state index contributed by atoms with van der Waals surface area (Å²) >= 11 is 0. The monoisotopic (exact) mass is 330 g/mol. The van der Waals surface area contributed by atoms with E-state index in [0.29, 0.717) is 5.92 Å². The van der Waals surface area contributed by atoms with E-state index in [2.05, 4.69) is 71.9 Å². The highest BCUT2D eigenvalue weighted by atomic mass is 15.0. The number of imidazole rings is 1. The largest absolute Gasteiger partial charge is 0.331 e. The van der Waals surface area contributed by atoms with Crippen molar-refractivity contribution in [3.05, 3.63) is 71.1 Å². The summed E-state index contributed by atoms with van der Waals surface area (Å²) in [5.41, 5.74) is 8.27. The van der Waals surface area contributed by atoms with Gasteiger partial charge < -0.3 is 4.57 Å². The second kappa shape index (κ2) is 6.87. The normalized spacial score (nSPS) is 15.0. The van der Waals surface area contributed by atoms with Crippen molar-refractivity contribution in [2.24, 2.45) is 5.92 Å².